The van der Waals surface area contributed by atoms with Crippen LogP contribution in [0.5, 0.6) is 0 Å². The van der Waals surface area contributed by atoms with Gasteiger partial charge in [-0.05, 0) is 62.2 Å². The Balaban J connectivity index is 1.51. The Bertz CT molecular complexity index is 2150. The molecule has 2 aliphatic rings. The summed E-state index contributed by atoms with van der Waals surface area (Å²) in [4.78, 5) is 2.57. The van der Waals surface area contributed by atoms with Crippen molar-refractivity contribution in [1.82, 2.24) is 0 Å². The van der Waals surface area contributed by atoms with Gasteiger partial charge in [-0.2, -0.15) is 0 Å². The van der Waals surface area contributed by atoms with Gasteiger partial charge in [-0.3, -0.25) is 0 Å². The Morgan fingerprint density at radius 3 is 1.67 bits per heavy atom. The lowest BCUT2D eigenvalue weighted by Crippen LogP contribution is -2.17. The number of benzene rings is 7. The van der Waals surface area contributed by atoms with Crippen molar-refractivity contribution in [1.29, 1.82) is 0 Å². The first kappa shape index (κ1) is 23.6. The Hall–Kier alpha value is -5.14. The van der Waals surface area contributed by atoms with Crippen LogP contribution in [0.3, 0.4) is 0 Å². The average molecular weight is 536 g/mol. The van der Waals surface area contributed by atoms with Crippen LogP contribution in [0.1, 0.15) is 25.0 Å². The second-order valence-electron chi connectivity index (χ2n) is 12.1. The van der Waals surface area contributed by atoms with Gasteiger partial charge in [-0.15, -0.1) is 0 Å². The second kappa shape index (κ2) is 8.44. The van der Waals surface area contributed by atoms with Gasteiger partial charge in [0.2, 0.25) is 0 Å². The normalized spacial score (nSPS) is 14.1. The van der Waals surface area contributed by atoms with Crippen LogP contribution in [-0.2, 0) is 5.41 Å². The van der Waals surface area contributed by atoms with E-state index >= 15 is 0 Å². The Kier molecular flexibility index (Phi) is 4.73. The molecule has 0 bridgehead atoms. The molecule has 1 heterocycles. The van der Waals surface area contributed by atoms with E-state index in [2.05, 4.69) is 158 Å². The number of hydrogen-bond acceptors (Lipinski definition) is 1. The molecule has 7 aromatic rings. The van der Waals surface area contributed by atoms with Gasteiger partial charge in [-0.25, -0.2) is 0 Å². The molecule has 42 heavy (non-hydrogen) atoms. The molecule has 0 radical (unpaired) electrons. The third kappa shape index (κ3) is 3.03. The van der Waals surface area contributed by atoms with E-state index in [1.807, 2.05) is 0 Å². The largest absolute Gasteiger partial charge is 0.308 e. The van der Waals surface area contributed by atoms with Crippen molar-refractivity contribution in [2.45, 2.75) is 19.3 Å². The zero-order valence-electron chi connectivity index (χ0n) is 23.7. The molecule has 9 rings (SSSR count). The molecule has 0 fully saturated rings. The lowest BCUT2D eigenvalue weighted by molar-refractivity contribution is 0.661. The minimum absolute atomic E-state index is 0.106. The zero-order valence-corrected chi connectivity index (χ0v) is 23.7. The van der Waals surface area contributed by atoms with Gasteiger partial charge in [0.1, 0.15) is 0 Å². The van der Waals surface area contributed by atoms with Crippen molar-refractivity contribution in [3.8, 4) is 33.4 Å². The molecule has 7 aromatic carbocycles. The van der Waals surface area contributed by atoms with Crippen molar-refractivity contribution in [2.24, 2.45) is 0 Å². The van der Waals surface area contributed by atoms with Gasteiger partial charge in [0.15, 0.2) is 0 Å². The minimum atomic E-state index is -0.106. The highest BCUT2D eigenvalue weighted by molar-refractivity contribution is 6.16. The molecule has 1 aliphatic heterocycles. The number of fused-ring (bicyclic) bond motifs is 8. The van der Waals surface area contributed by atoms with Crippen LogP contribution in [-0.4, -0.2) is 0 Å². The first-order valence-corrected chi connectivity index (χ1v) is 14.8. The van der Waals surface area contributed by atoms with E-state index in [0.29, 0.717) is 0 Å². The highest BCUT2D eigenvalue weighted by Crippen LogP contribution is 2.59. The fourth-order valence-corrected chi connectivity index (χ4v) is 7.67. The Morgan fingerprint density at radius 2 is 0.976 bits per heavy atom. The highest BCUT2D eigenvalue weighted by Gasteiger charge is 2.39. The van der Waals surface area contributed by atoms with Crippen molar-refractivity contribution in [3.05, 3.63) is 151 Å². The number of anilines is 3. The third-order valence-corrected chi connectivity index (χ3v) is 9.56. The summed E-state index contributed by atoms with van der Waals surface area (Å²) in [5.74, 6) is 0. The first-order valence-electron chi connectivity index (χ1n) is 14.8. The molecule has 0 amide bonds. The van der Waals surface area contributed by atoms with E-state index in [-0.39, 0.29) is 5.41 Å². The van der Waals surface area contributed by atoms with Gasteiger partial charge in [0.25, 0.3) is 0 Å². The summed E-state index contributed by atoms with van der Waals surface area (Å²) in [5.41, 5.74) is 14.0. The van der Waals surface area contributed by atoms with Gasteiger partial charge < -0.3 is 4.90 Å². The van der Waals surface area contributed by atoms with E-state index in [4.69, 9.17) is 0 Å². The van der Waals surface area contributed by atoms with Crippen LogP contribution < -0.4 is 4.90 Å². The molecule has 1 nitrogen and oxygen atoms in total. The Labute approximate surface area is 246 Å². The SMILES string of the molecule is CC1(C)c2ccccc2-c2c1cc1ccccc1c2N1c2ccccc2-c2cccc3cccc(c23)-c2ccccc21. The van der Waals surface area contributed by atoms with Crippen LogP contribution in [0.25, 0.3) is 54.9 Å². The summed E-state index contributed by atoms with van der Waals surface area (Å²) in [7, 11) is 0. The maximum Gasteiger partial charge on any atom is 0.0622 e. The van der Waals surface area contributed by atoms with Crippen LogP contribution >= 0.6 is 0 Å². The van der Waals surface area contributed by atoms with Crippen LogP contribution in [0, 0.1) is 0 Å². The Morgan fingerprint density at radius 1 is 0.452 bits per heavy atom. The summed E-state index contributed by atoms with van der Waals surface area (Å²) >= 11 is 0. The van der Waals surface area contributed by atoms with Crippen molar-refractivity contribution >= 4 is 38.6 Å². The van der Waals surface area contributed by atoms with Crippen molar-refractivity contribution in [2.75, 3.05) is 4.90 Å². The molecule has 0 spiro atoms. The summed E-state index contributed by atoms with van der Waals surface area (Å²) in [6.07, 6.45) is 0. The van der Waals surface area contributed by atoms with E-state index < -0.39 is 0 Å². The fraction of sp³-hybridized carbons (Fsp3) is 0.0732. The zero-order chi connectivity index (χ0) is 28.0. The molecule has 0 N–H and O–H groups in total. The molecular weight excluding hydrogens is 506 g/mol. The molecule has 0 unspecified atom stereocenters. The number of hydrogen-bond donors (Lipinski definition) is 0. The molecule has 198 valence electrons. The number of para-hydroxylation sites is 2. The standard InChI is InChI=1S/C41H29N/c1-41(2)34-22-8-5-19-33(34)39-35(41)25-27-13-3-4-16-28(27)40(39)42-36-23-9-6-17-29(36)31-20-11-14-26-15-12-21-32(38(26)31)30-18-7-10-24-37(30)42/h3-25H,1-2H3. The maximum absolute atomic E-state index is 2.57. The van der Waals surface area contributed by atoms with Gasteiger partial charge >= 0.3 is 0 Å². The summed E-state index contributed by atoms with van der Waals surface area (Å²) in [6, 6.07) is 51.8. The number of rotatable bonds is 1. The van der Waals surface area contributed by atoms with E-state index in [9.17, 15) is 0 Å². The summed E-state index contributed by atoms with van der Waals surface area (Å²) in [5, 5.41) is 5.12. The molecule has 0 saturated heterocycles. The van der Waals surface area contributed by atoms with Crippen LogP contribution in [0.15, 0.2) is 140 Å². The predicted molar refractivity (Wildman–Crippen MR) is 178 cm³/mol. The number of nitrogens with zero attached hydrogens (tertiary/aromatic N) is 1. The van der Waals surface area contributed by atoms with Crippen molar-refractivity contribution < 1.29 is 0 Å². The lowest BCUT2D eigenvalue weighted by Gasteiger charge is -2.35. The quantitative estimate of drug-likeness (QED) is 0.202. The van der Waals surface area contributed by atoms with Crippen LogP contribution in [0.4, 0.5) is 17.1 Å². The third-order valence-electron chi connectivity index (χ3n) is 9.56. The van der Waals surface area contributed by atoms with Gasteiger partial charge in [0.05, 0.1) is 17.1 Å². The minimum Gasteiger partial charge on any atom is -0.308 e. The van der Waals surface area contributed by atoms with E-state index in [1.165, 1.54) is 83.1 Å². The lowest BCUT2D eigenvalue weighted by atomic mass is 9.81. The van der Waals surface area contributed by atoms with E-state index in [0.717, 1.165) is 0 Å². The molecule has 0 saturated carbocycles. The highest BCUT2D eigenvalue weighted by atomic mass is 15.2. The first-order chi connectivity index (χ1) is 20.6. The summed E-state index contributed by atoms with van der Waals surface area (Å²) < 4.78 is 0. The van der Waals surface area contributed by atoms with Crippen LogP contribution in [0.2, 0.25) is 0 Å². The summed E-state index contributed by atoms with van der Waals surface area (Å²) in [6.45, 7) is 4.76. The topological polar surface area (TPSA) is 3.24 Å². The predicted octanol–water partition coefficient (Wildman–Crippen LogP) is 11.4. The average Bonchev–Trinajstić information content (AvgIpc) is 3.26. The maximum atomic E-state index is 2.57. The molecule has 0 atom stereocenters. The van der Waals surface area contributed by atoms with E-state index in [1.54, 1.807) is 0 Å². The molecule has 1 aliphatic carbocycles. The van der Waals surface area contributed by atoms with Gasteiger partial charge in [-0.1, -0.05) is 135 Å². The fourth-order valence-electron chi connectivity index (χ4n) is 7.67. The monoisotopic (exact) mass is 535 g/mol. The molecular formula is C41H29N. The smallest absolute Gasteiger partial charge is 0.0622 e. The van der Waals surface area contributed by atoms with Crippen molar-refractivity contribution in [3.63, 3.8) is 0 Å². The second-order valence-corrected chi connectivity index (χ2v) is 12.1. The molecule has 0 aromatic heterocycles. The molecule has 1 heteroatoms. The van der Waals surface area contributed by atoms with Gasteiger partial charge in [0, 0.05) is 27.5 Å².